The quantitative estimate of drug-likeness (QED) is 0.530. The van der Waals surface area contributed by atoms with Crippen molar-refractivity contribution in [2.45, 2.75) is 17.1 Å². The molecule has 2 N–H and O–H groups in total. The summed E-state index contributed by atoms with van der Waals surface area (Å²) in [5, 5.41) is -0.532. The molecule has 0 unspecified atom stereocenters. The number of rotatable bonds is 5. The van der Waals surface area contributed by atoms with Crippen molar-refractivity contribution >= 4 is 23.4 Å². The molecule has 0 saturated carbocycles. The van der Waals surface area contributed by atoms with Crippen LogP contribution in [0.15, 0.2) is 69.1 Å². The summed E-state index contributed by atoms with van der Waals surface area (Å²) < 4.78 is 2.01. The lowest BCUT2D eigenvalue weighted by Crippen LogP contribution is -2.42. The fraction of sp³-hybridized carbons (Fsp3) is 0.190. The maximum atomic E-state index is 12.9. The first-order valence-corrected chi connectivity index (χ1v) is 9.61. The molecule has 3 rings (SSSR count). The van der Waals surface area contributed by atoms with Crippen molar-refractivity contribution < 1.29 is 4.79 Å². The smallest absolute Gasteiger partial charge is 0.332 e. The molecule has 0 bridgehead atoms. The second-order valence-electron chi connectivity index (χ2n) is 6.48. The number of ketones is 1. The summed E-state index contributed by atoms with van der Waals surface area (Å²) in [5.41, 5.74) is 6.71. The molecular weight excluding hydrogens is 374 g/mol. The molecule has 1 atom stereocenters. The van der Waals surface area contributed by atoms with E-state index in [0.717, 1.165) is 25.2 Å². The van der Waals surface area contributed by atoms with E-state index >= 15 is 0 Å². The summed E-state index contributed by atoms with van der Waals surface area (Å²) in [6.45, 7) is 1.72. The fourth-order valence-electron chi connectivity index (χ4n) is 2.91. The average Bonchev–Trinajstić information content (AvgIpc) is 2.72. The van der Waals surface area contributed by atoms with Crippen LogP contribution in [0.3, 0.4) is 0 Å². The van der Waals surface area contributed by atoms with Gasteiger partial charge in [0.05, 0.1) is 5.25 Å². The van der Waals surface area contributed by atoms with E-state index in [2.05, 4.69) is 0 Å². The van der Waals surface area contributed by atoms with Crippen LogP contribution < -0.4 is 17.0 Å². The van der Waals surface area contributed by atoms with Gasteiger partial charge in [-0.05, 0) is 30.2 Å². The molecule has 7 heteroatoms. The Morgan fingerprint density at radius 3 is 2.11 bits per heavy atom. The highest BCUT2D eigenvalue weighted by Gasteiger charge is 2.25. The topological polar surface area (TPSA) is 87.1 Å². The van der Waals surface area contributed by atoms with Crippen LogP contribution in [0.25, 0.3) is 11.1 Å². The summed E-state index contributed by atoms with van der Waals surface area (Å²) in [6, 6.07) is 17.9. The van der Waals surface area contributed by atoms with Crippen LogP contribution in [0.1, 0.15) is 17.3 Å². The van der Waals surface area contributed by atoms with Crippen molar-refractivity contribution in [1.82, 2.24) is 9.13 Å². The molecule has 0 aliphatic rings. The van der Waals surface area contributed by atoms with Gasteiger partial charge in [0.15, 0.2) is 5.78 Å². The molecule has 0 aliphatic carbocycles. The van der Waals surface area contributed by atoms with Crippen LogP contribution in [0.4, 0.5) is 5.82 Å². The summed E-state index contributed by atoms with van der Waals surface area (Å²) in [7, 11) is 2.77. The maximum absolute atomic E-state index is 12.9. The van der Waals surface area contributed by atoms with Gasteiger partial charge in [-0.3, -0.25) is 18.7 Å². The molecule has 0 spiro atoms. The van der Waals surface area contributed by atoms with E-state index in [4.69, 9.17) is 5.73 Å². The Labute approximate surface area is 166 Å². The normalized spacial score (nSPS) is 12.0. The molecule has 0 radical (unpaired) electrons. The van der Waals surface area contributed by atoms with Gasteiger partial charge in [-0.15, -0.1) is 11.8 Å². The van der Waals surface area contributed by atoms with Gasteiger partial charge in [-0.2, -0.15) is 0 Å². The number of nitrogen functional groups attached to an aromatic ring is 1. The van der Waals surface area contributed by atoms with E-state index in [1.807, 2.05) is 54.6 Å². The molecular formula is C21H21N3O3S. The summed E-state index contributed by atoms with van der Waals surface area (Å²) in [6.07, 6.45) is 0. The average molecular weight is 395 g/mol. The Hall–Kier alpha value is -3.06. The second kappa shape index (κ2) is 7.90. The molecule has 0 aliphatic heterocycles. The van der Waals surface area contributed by atoms with Crippen LogP contribution in [-0.4, -0.2) is 20.2 Å². The van der Waals surface area contributed by atoms with E-state index in [1.54, 1.807) is 6.92 Å². The minimum atomic E-state index is -0.669. The molecule has 0 saturated heterocycles. The van der Waals surface area contributed by atoms with Crippen LogP contribution in [0, 0.1) is 0 Å². The SMILES string of the molecule is C[C@@H](Sc1ccc(-c2ccccc2)cc1)C(=O)c1c(N)n(C)c(=O)n(C)c1=O. The Balaban J connectivity index is 1.84. The molecule has 144 valence electrons. The van der Waals surface area contributed by atoms with E-state index in [0.29, 0.717) is 0 Å². The van der Waals surface area contributed by atoms with Crippen LogP contribution >= 0.6 is 11.8 Å². The molecule has 0 fully saturated rings. The Morgan fingerprint density at radius 2 is 1.50 bits per heavy atom. The minimum Gasteiger partial charge on any atom is -0.384 e. The monoisotopic (exact) mass is 395 g/mol. The third-order valence-electron chi connectivity index (χ3n) is 4.60. The van der Waals surface area contributed by atoms with Crippen molar-refractivity contribution in [3.8, 4) is 11.1 Å². The van der Waals surface area contributed by atoms with Gasteiger partial charge in [-0.1, -0.05) is 42.5 Å². The number of carbonyl (C=O) groups is 1. The standard InChI is InChI=1S/C21H21N3O3S/c1-13(18(25)17-19(22)23(2)21(27)24(3)20(17)26)28-16-11-9-15(10-12-16)14-7-5-4-6-8-14/h4-13H,22H2,1-3H3/t13-/m1/s1. The second-order valence-corrected chi connectivity index (χ2v) is 7.89. The number of aromatic nitrogens is 2. The number of hydrogen-bond donors (Lipinski definition) is 1. The predicted molar refractivity (Wildman–Crippen MR) is 113 cm³/mol. The van der Waals surface area contributed by atoms with Gasteiger partial charge in [0, 0.05) is 19.0 Å². The highest BCUT2D eigenvalue weighted by Crippen LogP contribution is 2.28. The summed E-state index contributed by atoms with van der Waals surface area (Å²) in [4.78, 5) is 38.1. The van der Waals surface area contributed by atoms with Gasteiger partial charge < -0.3 is 5.73 Å². The first-order valence-electron chi connectivity index (χ1n) is 8.73. The number of benzene rings is 2. The lowest BCUT2D eigenvalue weighted by Gasteiger charge is -2.14. The van der Waals surface area contributed by atoms with Crippen LogP contribution in [0.2, 0.25) is 0 Å². The van der Waals surface area contributed by atoms with Crippen LogP contribution in [-0.2, 0) is 14.1 Å². The number of nitrogens with zero attached hydrogens (tertiary/aromatic N) is 2. The molecule has 2 aromatic carbocycles. The number of thioether (sulfide) groups is 1. The molecule has 28 heavy (non-hydrogen) atoms. The molecule has 1 aromatic heterocycles. The summed E-state index contributed by atoms with van der Waals surface area (Å²) >= 11 is 1.34. The van der Waals surface area contributed by atoms with Crippen molar-refractivity contribution in [3.05, 3.63) is 81.0 Å². The largest absolute Gasteiger partial charge is 0.384 e. The van der Waals surface area contributed by atoms with Crippen molar-refractivity contribution in [1.29, 1.82) is 0 Å². The van der Waals surface area contributed by atoms with Gasteiger partial charge in [0.2, 0.25) is 0 Å². The van der Waals surface area contributed by atoms with Crippen molar-refractivity contribution in [3.63, 3.8) is 0 Å². The lowest BCUT2D eigenvalue weighted by atomic mass is 10.1. The first-order chi connectivity index (χ1) is 13.3. The van der Waals surface area contributed by atoms with Gasteiger partial charge in [0.25, 0.3) is 5.56 Å². The van der Waals surface area contributed by atoms with E-state index in [1.165, 1.54) is 25.9 Å². The fourth-order valence-corrected chi connectivity index (χ4v) is 3.84. The highest BCUT2D eigenvalue weighted by atomic mass is 32.2. The number of carbonyl (C=O) groups excluding carboxylic acids is 1. The summed E-state index contributed by atoms with van der Waals surface area (Å²) in [5.74, 6) is -0.504. The van der Waals surface area contributed by atoms with Crippen molar-refractivity contribution in [2.24, 2.45) is 14.1 Å². The zero-order valence-corrected chi connectivity index (χ0v) is 16.7. The van der Waals surface area contributed by atoms with Gasteiger partial charge >= 0.3 is 5.69 Å². The van der Waals surface area contributed by atoms with E-state index in [9.17, 15) is 14.4 Å². The predicted octanol–water partition coefficient (Wildman–Crippen LogP) is 2.70. The Kier molecular flexibility index (Phi) is 5.56. The van der Waals surface area contributed by atoms with Crippen LogP contribution in [0.5, 0.6) is 0 Å². The Morgan fingerprint density at radius 1 is 0.929 bits per heavy atom. The van der Waals surface area contributed by atoms with Gasteiger partial charge in [0.1, 0.15) is 11.4 Å². The first kappa shape index (κ1) is 19.7. The molecule has 6 nitrogen and oxygen atoms in total. The lowest BCUT2D eigenvalue weighted by molar-refractivity contribution is 0.0992. The Bertz CT molecular complexity index is 1130. The zero-order chi connectivity index (χ0) is 20.4. The van der Waals surface area contributed by atoms with Crippen molar-refractivity contribution in [2.75, 3.05) is 5.73 Å². The number of Topliss-reactive ketones (excluding diaryl/α,β-unsaturated/α-hetero) is 1. The minimum absolute atomic E-state index is 0.107. The third kappa shape index (κ3) is 3.66. The maximum Gasteiger partial charge on any atom is 0.332 e. The molecule has 1 heterocycles. The van der Waals surface area contributed by atoms with E-state index in [-0.39, 0.29) is 11.4 Å². The number of nitrogens with two attached hydrogens (primary N) is 1. The zero-order valence-electron chi connectivity index (χ0n) is 15.9. The number of hydrogen-bond acceptors (Lipinski definition) is 5. The highest BCUT2D eigenvalue weighted by molar-refractivity contribution is 8.00. The number of anilines is 1. The third-order valence-corrected chi connectivity index (χ3v) is 5.71. The molecule has 3 aromatic rings. The van der Waals surface area contributed by atoms with Gasteiger partial charge in [-0.25, -0.2) is 4.79 Å². The van der Waals surface area contributed by atoms with E-state index < -0.39 is 22.3 Å². The molecule has 0 amide bonds.